The largest absolute Gasteiger partial charge is 0.369 e. The Bertz CT molecular complexity index is 578. The van der Waals surface area contributed by atoms with Crippen LogP contribution >= 0.6 is 0 Å². The van der Waals surface area contributed by atoms with E-state index in [-0.39, 0.29) is 18.1 Å². The number of hydrogen-bond donors (Lipinski definition) is 1. The number of aromatic amines is 1. The van der Waals surface area contributed by atoms with Gasteiger partial charge in [0.15, 0.2) is 5.69 Å². The molecule has 134 valence electrons. The molecule has 0 bridgehead atoms. The third-order valence-corrected chi connectivity index (χ3v) is 5.40. The number of nitrogens with zero attached hydrogens (tertiary/aromatic N) is 3. The summed E-state index contributed by atoms with van der Waals surface area (Å²) in [6.07, 6.45) is 4.13. The molecule has 1 amide bonds. The number of ether oxygens (including phenoxy) is 1. The number of fused-ring (bicyclic) bond motifs is 1. The van der Waals surface area contributed by atoms with E-state index in [2.05, 4.69) is 22.0 Å². The van der Waals surface area contributed by atoms with Crippen LogP contribution in [0.1, 0.15) is 67.9 Å². The number of likely N-dealkylation sites (tertiary alicyclic amines) is 1. The lowest BCUT2D eigenvalue weighted by Crippen LogP contribution is -2.46. The van der Waals surface area contributed by atoms with E-state index >= 15 is 0 Å². The molecule has 1 aromatic heterocycles. The Kier molecular flexibility index (Phi) is 5.25. The molecule has 0 saturated carbocycles. The standard InChI is InChI=1S/C18H30N4O2/c1-5-8-22-9-6-14(7-10-22)21(4)18(23)17-15-11-12(2)24-13(3)16(15)19-20-17/h12-14H,5-11H2,1-4H3,(H,19,20)/t12-,13+/m0/s1. The smallest absolute Gasteiger partial charge is 0.274 e. The Morgan fingerprint density at radius 1 is 1.38 bits per heavy atom. The summed E-state index contributed by atoms with van der Waals surface area (Å²) in [4.78, 5) is 17.4. The molecular formula is C18H30N4O2. The van der Waals surface area contributed by atoms with Crippen LogP contribution in [0.3, 0.4) is 0 Å². The number of carbonyl (C=O) groups is 1. The van der Waals surface area contributed by atoms with Crippen molar-refractivity contribution in [3.63, 3.8) is 0 Å². The van der Waals surface area contributed by atoms with Gasteiger partial charge in [0.25, 0.3) is 5.91 Å². The van der Waals surface area contributed by atoms with Crippen LogP contribution in [0.15, 0.2) is 0 Å². The number of aromatic nitrogens is 2. The maximum atomic E-state index is 13.0. The summed E-state index contributed by atoms with van der Waals surface area (Å²) in [5.41, 5.74) is 2.59. The quantitative estimate of drug-likeness (QED) is 0.918. The molecule has 0 unspecified atom stereocenters. The second-order valence-electron chi connectivity index (χ2n) is 7.25. The van der Waals surface area contributed by atoms with Gasteiger partial charge >= 0.3 is 0 Å². The van der Waals surface area contributed by atoms with Crippen molar-refractivity contribution in [2.24, 2.45) is 0 Å². The number of H-pyrrole nitrogens is 1. The van der Waals surface area contributed by atoms with Gasteiger partial charge in [-0.2, -0.15) is 5.10 Å². The molecule has 0 spiro atoms. The van der Waals surface area contributed by atoms with E-state index < -0.39 is 0 Å². The van der Waals surface area contributed by atoms with Gasteiger partial charge in [-0.25, -0.2) is 0 Å². The van der Waals surface area contributed by atoms with Crippen molar-refractivity contribution in [3.8, 4) is 0 Å². The van der Waals surface area contributed by atoms with E-state index in [0.717, 1.165) is 50.2 Å². The average molecular weight is 334 g/mol. The first-order valence-corrected chi connectivity index (χ1v) is 9.23. The number of hydrogen-bond acceptors (Lipinski definition) is 4. The molecule has 6 heteroatoms. The third-order valence-electron chi connectivity index (χ3n) is 5.40. The fraction of sp³-hybridized carbons (Fsp3) is 0.778. The first-order chi connectivity index (χ1) is 11.5. The summed E-state index contributed by atoms with van der Waals surface area (Å²) < 4.78 is 5.82. The molecule has 3 rings (SSSR count). The zero-order valence-corrected chi connectivity index (χ0v) is 15.3. The van der Waals surface area contributed by atoms with Crippen molar-refractivity contribution in [2.75, 3.05) is 26.7 Å². The lowest BCUT2D eigenvalue weighted by Gasteiger charge is -2.36. The fourth-order valence-corrected chi connectivity index (χ4v) is 4.03. The minimum absolute atomic E-state index is 0.0274. The molecule has 0 radical (unpaired) electrons. The van der Waals surface area contributed by atoms with Crippen LogP contribution in [-0.4, -0.2) is 64.7 Å². The molecule has 3 heterocycles. The maximum Gasteiger partial charge on any atom is 0.274 e. The van der Waals surface area contributed by atoms with Crippen molar-refractivity contribution >= 4 is 5.91 Å². The van der Waals surface area contributed by atoms with Crippen molar-refractivity contribution in [1.29, 1.82) is 0 Å². The van der Waals surface area contributed by atoms with Gasteiger partial charge in [-0.1, -0.05) is 6.92 Å². The van der Waals surface area contributed by atoms with Gasteiger partial charge in [0.1, 0.15) is 0 Å². The zero-order valence-electron chi connectivity index (χ0n) is 15.3. The Balaban J connectivity index is 1.69. The number of piperidine rings is 1. The molecule has 0 aromatic carbocycles. The predicted octanol–water partition coefficient (Wildman–Crippen LogP) is 2.38. The Hall–Kier alpha value is -1.40. The van der Waals surface area contributed by atoms with Gasteiger partial charge in [0.05, 0.1) is 17.9 Å². The molecular weight excluding hydrogens is 304 g/mol. The molecule has 2 atom stereocenters. The SMILES string of the molecule is CCCN1CCC(N(C)C(=O)c2n[nH]c3c2C[C@H](C)O[C@@H]3C)CC1. The van der Waals surface area contributed by atoms with E-state index in [1.54, 1.807) is 0 Å². The molecule has 2 aliphatic rings. The van der Waals surface area contributed by atoms with E-state index in [1.165, 1.54) is 6.42 Å². The summed E-state index contributed by atoms with van der Waals surface area (Å²) in [6.45, 7) is 9.59. The zero-order chi connectivity index (χ0) is 17.3. The number of nitrogens with one attached hydrogen (secondary N) is 1. The summed E-state index contributed by atoms with van der Waals surface area (Å²) in [5.74, 6) is 0.0442. The lowest BCUT2D eigenvalue weighted by atomic mass is 9.98. The Morgan fingerprint density at radius 2 is 2.08 bits per heavy atom. The van der Waals surface area contributed by atoms with E-state index in [4.69, 9.17) is 4.74 Å². The Labute approximate surface area is 144 Å². The molecule has 2 aliphatic heterocycles. The minimum atomic E-state index is -0.0274. The number of amides is 1. The van der Waals surface area contributed by atoms with Crippen molar-refractivity contribution in [3.05, 3.63) is 17.0 Å². The van der Waals surface area contributed by atoms with Gasteiger partial charge in [-0.3, -0.25) is 9.89 Å². The highest BCUT2D eigenvalue weighted by Gasteiger charge is 2.33. The summed E-state index contributed by atoms with van der Waals surface area (Å²) in [7, 11) is 1.93. The maximum absolute atomic E-state index is 13.0. The molecule has 24 heavy (non-hydrogen) atoms. The van der Waals surface area contributed by atoms with Crippen molar-refractivity contribution < 1.29 is 9.53 Å². The minimum Gasteiger partial charge on any atom is -0.369 e. The highest BCUT2D eigenvalue weighted by molar-refractivity contribution is 5.94. The molecule has 6 nitrogen and oxygen atoms in total. The van der Waals surface area contributed by atoms with Crippen molar-refractivity contribution in [2.45, 2.75) is 64.7 Å². The van der Waals surface area contributed by atoms with Gasteiger partial charge < -0.3 is 14.5 Å². The second kappa shape index (κ2) is 7.23. The van der Waals surface area contributed by atoms with Crippen LogP contribution in [-0.2, 0) is 11.2 Å². The lowest BCUT2D eigenvalue weighted by molar-refractivity contribution is -0.00703. The summed E-state index contributed by atoms with van der Waals surface area (Å²) in [6, 6.07) is 0.313. The van der Waals surface area contributed by atoms with Crippen LogP contribution in [0, 0.1) is 0 Å². The van der Waals surface area contributed by atoms with Crippen LogP contribution in [0.25, 0.3) is 0 Å². The number of rotatable bonds is 4. The average Bonchev–Trinajstić information content (AvgIpc) is 2.98. The van der Waals surface area contributed by atoms with E-state index in [1.807, 2.05) is 25.8 Å². The predicted molar refractivity (Wildman–Crippen MR) is 93.1 cm³/mol. The topological polar surface area (TPSA) is 61.5 Å². The van der Waals surface area contributed by atoms with Gasteiger partial charge in [0, 0.05) is 38.2 Å². The normalized spacial score (nSPS) is 25.5. The van der Waals surface area contributed by atoms with Crippen LogP contribution in [0.5, 0.6) is 0 Å². The monoisotopic (exact) mass is 334 g/mol. The van der Waals surface area contributed by atoms with E-state index in [9.17, 15) is 4.79 Å². The van der Waals surface area contributed by atoms with E-state index in [0.29, 0.717) is 11.7 Å². The number of carbonyl (C=O) groups excluding carboxylic acids is 1. The molecule has 1 N–H and O–H groups in total. The van der Waals surface area contributed by atoms with Crippen LogP contribution in [0.2, 0.25) is 0 Å². The summed E-state index contributed by atoms with van der Waals surface area (Å²) >= 11 is 0. The highest BCUT2D eigenvalue weighted by atomic mass is 16.5. The highest BCUT2D eigenvalue weighted by Crippen LogP contribution is 2.31. The molecule has 0 aliphatic carbocycles. The van der Waals surface area contributed by atoms with Gasteiger partial charge in [-0.15, -0.1) is 0 Å². The van der Waals surface area contributed by atoms with Gasteiger partial charge in [-0.05, 0) is 39.7 Å². The van der Waals surface area contributed by atoms with Crippen LogP contribution in [0.4, 0.5) is 0 Å². The molecule has 1 saturated heterocycles. The third kappa shape index (κ3) is 3.35. The second-order valence-corrected chi connectivity index (χ2v) is 7.25. The van der Waals surface area contributed by atoms with Crippen molar-refractivity contribution in [1.82, 2.24) is 20.0 Å². The van der Waals surface area contributed by atoms with Crippen LogP contribution < -0.4 is 0 Å². The first-order valence-electron chi connectivity index (χ1n) is 9.23. The fourth-order valence-electron chi connectivity index (χ4n) is 4.03. The molecule has 1 aromatic rings. The first kappa shape index (κ1) is 17.4. The summed E-state index contributed by atoms with van der Waals surface area (Å²) in [5, 5.41) is 7.36. The molecule has 1 fully saturated rings. The van der Waals surface area contributed by atoms with Gasteiger partial charge in [0.2, 0.25) is 0 Å². The Morgan fingerprint density at radius 3 is 2.75 bits per heavy atom.